The van der Waals surface area contributed by atoms with Crippen LogP contribution in [0, 0.1) is 0 Å². The number of hydrogen-bond donors (Lipinski definition) is 0. The molecule has 0 saturated carbocycles. The minimum atomic E-state index is 0.686. The molecule has 1 aromatic heterocycles. The normalized spacial score (nSPS) is 11.6. The minimum absolute atomic E-state index is 0.686. The van der Waals surface area contributed by atoms with Crippen molar-refractivity contribution >= 4 is 48.6 Å². The first-order chi connectivity index (χ1) is 22.6. The summed E-state index contributed by atoms with van der Waals surface area (Å²) >= 11 is 0. The summed E-state index contributed by atoms with van der Waals surface area (Å²) < 4.78 is 22.3. The summed E-state index contributed by atoms with van der Waals surface area (Å²) in [6.07, 6.45) is 15.8. The van der Waals surface area contributed by atoms with Gasteiger partial charge in [-0.2, -0.15) is 0 Å². The van der Waals surface area contributed by atoms with E-state index in [1.54, 1.807) is 28.4 Å². The number of rotatable bonds is 12. The Balaban J connectivity index is 1.68. The van der Waals surface area contributed by atoms with Crippen LogP contribution in [0.1, 0.15) is 45.0 Å². The molecule has 0 unspecified atom stereocenters. The zero-order valence-corrected chi connectivity index (χ0v) is 26.4. The van der Waals surface area contributed by atoms with E-state index in [0.717, 1.165) is 45.3 Å². The number of nitrogens with zero attached hydrogens (tertiary/aromatic N) is 2. The van der Waals surface area contributed by atoms with Crippen LogP contribution in [0.4, 0.5) is 0 Å². The van der Waals surface area contributed by atoms with Gasteiger partial charge in [-0.25, -0.2) is 9.97 Å². The summed E-state index contributed by atoms with van der Waals surface area (Å²) in [4.78, 5) is 10.3. The van der Waals surface area contributed by atoms with Crippen LogP contribution in [0.2, 0.25) is 0 Å². The molecule has 0 bridgehead atoms. The van der Waals surface area contributed by atoms with E-state index in [1.165, 1.54) is 0 Å². The van der Waals surface area contributed by atoms with Gasteiger partial charge < -0.3 is 18.9 Å². The van der Waals surface area contributed by atoms with Crippen LogP contribution in [0.15, 0.2) is 97.1 Å². The molecule has 6 nitrogen and oxygen atoms in total. The average molecular weight is 609 g/mol. The van der Waals surface area contributed by atoms with Gasteiger partial charge in [0.2, 0.25) is 0 Å². The van der Waals surface area contributed by atoms with Crippen LogP contribution in [-0.4, -0.2) is 38.4 Å². The summed E-state index contributed by atoms with van der Waals surface area (Å²) in [5.41, 5.74) is 6.46. The van der Waals surface area contributed by atoms with Crippen molar-refractivity contribution in [1.29, 1.82) is 0 Å². The number of aromatic nitrogens is 2. The lowest BCUT2D eigenvalue weighted by molar-refractivity contribution is 0.414. The molecule has 0 spiro atoms. The van der Waals surface area contributed by atoms with Crippen molar-refractivity contribution in [2.24, 2.45) is 0 Å². The molecule has 0 amide bonds. The van der Waals surface area contributed by atoms with Crippen LogP contribution < -0.4 is 18.9 Å². The summed E-state index contributed by atoms with van der Waals surface area (Å²) in [6.45, 7) is 0. The lowest BCUT2D eigenvalue weighted by atomic mass is 10.1. The second kappa shape index (κ2) is 15.7. The molecule has 230 valence electrons. The predicted molar refractivity (Wildman–Crippen MR) is 190 cm³/mol. The molecule has 0 saturated heterocycles. The molecule has 0 fully saturated rings. The standard InChI is InChI=1S/C40H36N2O4/c1-43-37-17-9-5-13-29(37)21-25-33-34(26-22-30-14-6-10-18-38(30)44-2)42-36(28-24-32-16-8-12-20-40(32)46-4)35(41-33)27-23-31-15-7-11-19-39(31)45-3/h5-28H,1-4H3/b25-21+,26-22+,27-23+,28-24+. The Hall–Kier alpha value is -5.88. The maximum Gasteiger partial charge on any atom is 0.126 e. The Bertz CT molecular complexity index is 1630. The predicted octanol–water partition coefficient (Wildman–Crippen LogP) is 9.19. The van der Waals surface area contributed by atoms with Crippen molar-refractivity contribution in [2.75, 3.05) is 28.4 Å². The molecule has 0 radical (unpaired) electrons. The Morgan fingerprint density at radius 3 is 0.761 bits per heavy atom. The monoisotopic (exact) mass is 608 g/mol. The van der Waals surface area contributed by atoms with Crippen LogP contribution in [-0.2, 0) is 0 Å². The quantitative estimate of drug-likeness (QED) is 0.141. The molecule has 5 aromatic rings. The van der Waals surface area contributed by atoms with Gasteiger partial charge in [0.1, 0.15) is 23.0 Å². The van der Waals surface area contributed by atoms with E-state index in [2.05, 4.69) is 0 Å². The van der Waals surface area contributed by atoms with E-state index in [1.807, 2.05) is 146 Å². The molecule has 0 aliphatic rings. The van der Waals surface area contributed by atoms with Crippen molar-refractivity contribution in [1.82, 2.24) is 9.97 Å². The number of hydrogen-bond acceptors (Lipinski definition) is 6. The van der Waals surface area contributed by atoms with Gasteiger partial charge in [-0.05, 0) is 72.9 Å². The van der Waals surface area contributed by atoms with E-state index in [-0.39, 0.29) is 0 Å². The highest BCUT2D eigenvalue weighted by molar-refractivity contribution is 5.83. The second-order valence-electron chi connectivity index (χ2n) is 10.1. The summed E-state index contributed by atoms with van der Waals surface area (Å²) in [5.74, 6) is 3.08. The van der Waals surface area contributed by atoms with E-state index in [4.69, 9.17) is 28.9 Å². The highest BCUT2D eigenvalue weighted by Crippen LogP contribution is 2.27. The molecule has 1 heterocycles. The van der Waals surface area contributed by atoms with E-state index >= 15 is 0 Å². The van der Waals surface area contributed by atoms with E-state index in [9.17, 15) is 0 Å². The Labute approximate surface area is 270 Å². The summed E-state index contributed by atoms with van der Waals surface area (Å²) in [6, 6.07) is 31.4. The molecular formula is C40H36N2O4. The lowest BCUT2D eigenvalue weighted by Crippen LogP contribution is -2.00. The van der Waals surface area contributed by atoms with Gasteiger partial charge in [-0.3, -0.25) is 0 Å². The Morgan fingerprint density at radius 2 is 0.543 bits per heavy atom. The van der Waals surface area contributed by atoms with Crippen LogP contribution in [0.5, 0.6) is 23.0 Å². The third-order valence-electron chi connectivity index (χ3n) is 7.25. The van der Waals surface area contributed by atoms with E-state index in [0.29, 0.717) is 22.8 Å². The topological polar surface area (TPSA) is 62.7 Å². The molecule has 6 heteroatoms. The van der Waals surface area contributed by atoms with Crippen LogP contribution >= 0.6 is 0 Å². The first-order valence-electron chi connectivity index (χ1n) is 14.8. The fourth-order valence-corrected chi connectivity index (χ4v) is 4.87. The largest absolute Gasteiger partial charge is 0.496 e. The van der Waals surface area contributed by atoms with Crippen molar-refractivity contribution in [3.8, 4) is 23.0 Å². The molecule has 0 aliphatic carbocycles. The lowest BCUT2D eigenvalue weighted by Gasteiger charge is -2.09. The van der Waals surface area contributed by atoms with Crippen molar-refractivity contribution in [2.45, 2.75) is 0 Å². The van der Waals surface area contributed by atoms with E-state index < -0.39 is 0 Å². The van der Waals surface area contributed by atoms with Crippen molar-refractivity contribution in [3.05, 3.63) is 142 Å². The van der Waals surface area contributed by atoms with Crippen molar-refractivity contribution < 1.29 is 18.9 Å². The fraction of sp³-hybridized carbons (Fsp3) is 0.100. The second-order valence-corrected chi connectivity index (χ2v) is 10.1. The number of ether oxygens (including phenoxy) is 4. The van der Waals surface area contributed by atoms with Gasteiger partial charge in [0, 0.05) is 22.3 Å². The maximum atomic E-state index is 5.58. The number of methoxy groups -OCH3 is 4. The molecule has 0 N–H and O–H groups in total. The van der Waals surface area contributed by atoms with Gasteiger partial charge >= 0.3 is 0 Å². The first-order valence-corrected chi connectivity index (χ1v) is 14.8. The SMILES string of the molecule is COc1ccccc1/C=C/c1nc(/C=C/c2ccccc2OC)c(/C=C/c2ccccc2OC)nc1/C=C/c1ccccc1OC. The summed E-state index contributed by atoms with van der Waals surface area (Å²) in [5, 5.41) is 0. The maximum absolute atomic E-state index is 5.58. The van der Waals surface area contributed by atoms with Gasteiger partial charge in [0.15, 0.2) is 0 Å². The first kappa shape index (κ1) is 31.5. The van der Waals surface area contributed by atoms with Gasteiger partial charge in [-0.15, -0.1) is 0 Å². The molecular weight excluding hydrogens is 572 g/mol. The fourth-order valence-electron chi connectivity index (χ4n) is 4.87. The third-order valence-corrected chi connectivity index (χ3v) is 7.25. The highest BCUT2D eigenvalue weighted by atomic mass is 16.5. The minimum Gasteiger partial charge on any atom is -0.496 e. The molecule has 4 aromatic carbocycles. The Morgan fingerprint density at radius 1 is 0.326 bits per heavy atom. The molecule has 0 atom stereocenters. The Kier molecular flexibility index (Phi) is 10.8. The molecule has 46 heavy (non-hydrogen) atoms. The average Bonchev–Trinajstić information content (AvgIpc) is 3.12. The highest BCUT2D eigenvalue weighted by Gasteiger charge is 2.10. The van der Waals surface area contributed by atoms with Crippen LogP contribution in [0.25, 0.3) is 48.6 Å². The smallest absolute Gasteiger partial charge is 0.126 e. The zero-order valence-electron chi connectivity index (χ0n) is 26.4. The van der Waals surface area contributed by atoms with Crippen molar-refractivity contribution in [3.63, 3.8) is 0 Å². The molecule has 0 aliphatic heterocycles. The van der Waals surface area contributed by atoms with Gasteiger partial charge in [-0.1, -0.05) is 72.8 Å². The molecule has 5 rings (SSSR count). The van der Waals surface area contributed by atoms with Gasteiger partial charge in [0.25, 0.3) is 0 Å². The third kappa shape index (κ3) is 7.79. The van der Waals surface area contributed by atoms with Crippen LogP contribution in [0.3, 0.4) is 0 Å². The van der Waals surface area contributed by atoms with Gasteiger partial charge in [0.05, 0.1) is 51.2 Å². The summed E-state index contributed by atoms with van der Waals surface area (Å²) in [7, 11) is 6.66. The number of benzene rings is 4. The zero-order chi connectivity index (χ0) is 32.1. The number of para-hydroxylation sites is 4.